The molecule has 2 N–H and O–H groups in total. The van der Waals surface area contributed by atoms with Crippen molar-refractivity contribution in [3.8, 4) is 0 Å². The topological polar surface area (TPSA) is 141 Å². The number of H-pyrrole nitrogens is 1. The summed E-state index contributed by atoms with van der Waals surface area (Å²) in [5, 5.41) is 3.59. The SMILES string of the molecule is CC(C)(F)CN1CCc2c([nH]c3ccccc23)[C@H]1c1cnc(N2CCCCN(CCN3CCN(c4ccc5c(c4)CN(C4CCC(=O)NC4=O)C5=O)CC3=O)CCCC2)nc1. The van der Waals surface area contributed by atoms with Crippen LogP contribution in [0, 0.1) is 0 Å². The average molecular weight is 833 g/mol. The first kappa shape index (κ1) is 41.0. The number of imide groups is 1. The fourth-order valence-corrected chi connectivity index (χ4v) is 10.1. The van der Waals surface area contributed by atoms with Crippen molar-refractivity contribution in [2.24, 2.45) is 0 Å². The summed E-state index contributed by atoms with van der Waals surface area (Å²) in [6.45, 7) is 11.5. The summed E-state index contributed by atoms with van der Waals surface area (Å²) < 4.78 is 15.1. The van der Waals surface area contributed by atoms with Crippen LogP contribution in [-0.4, -0.2) is 142 Å². The molecular formula is C46H57FN10O4. The predicted octanol–water partition coefficient (Wildman–Crippen LogP) is 4.45. The highest BCUT2D eigenvalue weighted by Gasteiger charge is 2.40. The van der Waals surface area contributed by atoms with E-state index in [1.807, 2.05) is 35.5 Å². The molecule has 15 heteroatoms. The number of carbonyl (C=O) groups is 4. The Morgan fingerprint density at radius 1 is 0.820 bits per heavy atom. The summed E-state index contributed by atoms with van der Waals surface area (Å²) in [6, 6.07) is 13.2. The quantitative estimate of drug-likeness (QED) is 0.233. The minimum absolute atomic E-state index is 0.0972. The number of anilines is 2. The first-order valence-corrected chi connectivity index (χ1v) is 22.1. The molecule has 4 amide bonds. The van der Waals surface area contributed by atoms with E-state index in [4.69, 9.17) is 9.97 Å². The minimum Gasteiger partial charge on any atom is -0.360 e. The standard InChI is InChI=1S/C46H57FN10O4/c1-46(2,47)30-56-20-15-36-35-9-3-4-10-37(35)50-41(36)42(56)32-26-48-45(49-27-32)54-18-7-5-16-52(17-6-8-19-54)21-22-53-23-24-55(29-40(53)59)33-11-12-34-31(25-33)28-57(44(34)61)38-13-14-39(58)51-43(38)60/h3-4,9-12,25-27,38,42,50H,5-8,13-24,28-30H2,1-2H3,(H,51,58,60)/t38?,42-/m1/s1. The number of amides is 4. The zero-order valence-electron chi connectivity index (χ0n) is 35.4. The number of carbonyl (C=O) groups excluding carboxylic acids is 4. The van der Waals surface area contributed by atoms with Gasteiger partial charge in [-0.15, -0.1) is 0 Å². The van der Waals surface area contributed by atoms with Crippen LogP contribution in [0.1, 0.15) is 91.2 Å². The highest BCUT2D eigenvalue weighted by Crippen LogP contribution is 2.39. The normalized spacial score (nSPS) is 22.5. The van der Waals surface area contributed by atoms with Gasteiger partial charge >= 0.3 is 0 Å². The first-order valence-electron chi connectivity index (χ1n) is 22.1. The van der Waals surface area contributed by atoms with Gasteiger partial charge in [-0.25, -0.2) is 14.4 Å². The number of hydrogen-bond acceptors (Lipinski definition) is 10. The number of alkyl halides is 1. The summed E-state index contributed by atoms with van der Waals surface area (Å²) in [5.74, 6) is -0.0825. The molecule has 9 rings (SSSR count). The second-order valence-electron chi connectivity index (χ2n) is 18.0. The molecule has 0 radical (unpaired) electrons. The number of aromatic nitrogens is 3. The lowest BCUT2D eigenvalue weighted by Gasteiger charge is -2.38. The molecule has 2 aromatic heterocycles. The fraction of sp³-hybridized carbons (Fsp3) is 0.522. The van der Waals surface area contributed by atoms with Crippen LogP contribution >= 0.6 is 0 Å². The maximum absolute atomic E-state index is 15.1. The molecule has 7 heterocycles. The minimum atomic E-state index is -1.34. The van der Waals surface area contributed by atoms with Crippen LogP contribution in [0.25, 0.3) is 10.9 Å². The van der Waals surface area contributed by atoms with Crippen LogP contribution in [0.4, 0.5) is 16.0 Å². The van der Waals surface area contributed by atoms with Gasteiger partial charge in [0.2, 0.25) is 23.7 Å². The smallest absolute Gasteiger partial charge is 0.255 e. The number of halogens is 1. The Morgan fingerprint density at radius 2 is 1.57 bits per heavy atom. The van der Waals surface area contributed by atoms with Crippen LogP contribution in [0.2, 0.25) is 0 Å². The number of nitrogens with one attached hydrogen (secondary N) is 2. The van der Waals surface area contributed by atoms with Crippen LogP contribution in [0.3, 0.4) is 0 Å². The van der Waals surface area contributed by atoms with Crippen molar-refractivity contribution in [2.75, 3.05) is 81.8 Å². The summed E-state index contributed by atoms with van der Waals surface area (Å²) in [4.78, 5) is 76.9. The molecule has 3 saturated heterocycles. The van der Waals surface area contributed by atoms with Gasteiger partial charge in [0.25, 0.3) is 5.91 Å². The number of rotatable bonds is 9. The fourth-order valence-electron chi connectivity index (χ4n) is 10.1. The molecule has 5 aliphatic heterocycles. The van der Waals surface area contributed by atoms with Crippen molar-refractivity contribution in [2.45, 2.75) is 83.1 Å². The van der Waals surface area contributed by atoms with Gasteiger partial charge in [0.05, 0.1) is 12.6 Å². The molecule has 0 spiro atoms. The molecule has 0 aliphatic carbocycles. The largest absolute Gasteiger partial charge is 0.360 e. The van der Waals surface area contributed by atoms with Gasteiger partial charge in [-0.3, -0.25) is 29.4 Å². The number of piperazine rings is 1. The highest BCUT2D eigenvalue weighted by molar-refractivity contribution is 6.05. The third kappa shape index (κ3) is 8.72. The molecule has 5 aliphatic rings. The maximum Gasteiger partial charge on any atom is 0.255 e. The molecule has 3 fully saturated rings. The monoisotopic (exact) mass is 832 g/mol. The lowest BCUT2D eigenvalue weighted by atomic mass is 9.92. The van der Waals surface area contributed by atoms with Crippen LogP contribution in [0.15, 0.2) is 54.9 Å². The van der Waals surface area contributed by atoms with E-state index in [1.54, 1.807) is 24.8 Å². The van der Waals surface area contributed by atoms with E-state index in [2.05, 4.69) is 48.1 Å². The molecule has 14 nitrogen and oxygen atoms in total. The van der Waals surface area contributed by atoms with Gasteiger partial charge in [-0.1, -0.05) is 18.2 Å². The van der Waals surface area contributed by atoms with Gasteiger partial charge in [0, 0.05) is 111 Å². The Kier molecular flexibility index (Phi) is 11.5. The van der Waals surface area contributed by atoms with E-state index >= 15 is 4.39 Å². The third-order valence-electron chi connectivity index (χ3n) is 13.2. The predicted molar refractivity (Wildman–Crippen MR) is 231 cm³/mol. The zero-order valence-corrected chi connectivity index (χ0v) is 35.4. The van der Waals surface area contributed by atoms with Crippen molar-refractivity contribution < 1.29 is 23.6 Å². The van der Waals surface area contributed by atoms with Gasteiger partial charge in [-0.2, -0.15) is 0 Å². The number of hydrogen-bond donors (Lipinski definition) is 2. The summed E-state index contributed by atoms with van der Waals surface area (Å²) in [5.41, 5.74) is 5.45. The van der Waals surface area contributed by atoms with E-state index in [0.717, 1.165) is 105 Å². The molecule has 322 valence electrons. The summed E-state index contributed by atoms with van der Waals surface area (Å²) in [6.07, 6.45) is 9.40. The van der Waals surface area contributed by atoms with Crippen molar-refractivity contribution in [1.29, 1.82) is 0 Å². The summed E-state index contributed by atoms with van der Waals surface area (Å²) in [7, 11) is 0. The van der Waals surface area contributed by atoms with Crippen LogP contribution < -0.4 is 15.1 Å². The molecule has 61 heavy (non-hydrogen) atoms. The van der Waals surface area contributed by atoms with Crippen LogP contribution in [-0.2, 0) is 27.3 Å². The molecule has 4 aromatic rings. The number of aromatic amines is 1. The Balaban J connectivity index is 0.760. The molecule has 0 bridgehead atoms. The number of fused-ring (bicyclic) bond motifs is 4. The van der Waals surface area contributed by atoms with Crippen molar-refractivity contribution >= 4 is 46.2 Å². The maximum atomic E-state index is 15.1. The zero-order chi connectivity index (χ0) is 42.3. The Morgan fingerprint density at radius 3 is 2.31 bits per heavy atom. The molecule has 0 saturated carbocycles. The lowest BCUT2D eigenvalue weighted by molar-refractivity contribution is -0.137. The van der Waals surface area contributed by atoms with Crippen LogP contribution in [0.5, 0.6) is 0 Å². The average Bonchev–Trinajstić information content (AvgIpc) is 3.78. The first-order chi connectivity index (χ1) is 29.5. The number of benzene rings is 2. The second kappa shape index (κ2) is 17.2. The molecule has 2 aromatic carbocycles. The van der Waals surface area contributed by atoms with E-state index in [1.165, 1.54) is 10.9 Å². The van der Waals surface area contributed by atoms with E-state index in [9.17, 15) is 19.2 Å². The van der Waals surface area contributed by atoms with Gasteiger partial charge < -0.3 is 29.5 Å². The van der Waals surface area contributed by atoms with E-state index in [-0.39, 0.29) is 36.7 Å². The van der Waals surface area contributed by atoms with Gasteiger partial charge in [0.1, 0.15) is 11.7 Å². The molecule has 1 unspecified atom stereocenters. The molecular weight excluding hydrogens is 776 g/mol. The van der Waals surface area contributed by atoms with Crippen molar-refractivity contribution in [3.05, 3.63) is 82.8 Å². The molecule has 2 atom stereocenters. The highest BCUT2D eigenvalue weighted by atomic mass is 19.1. The Hall–Kier alpha value is -5.41. The number of piperidine rings is 1. The second-order valence-corrected chi connectivity index (χ2v) is 18.0. The Bertz CT molecular complexity index is 2280. The number of para-hydroxylation sites is 1. The van der Waals surface area contributed by atoms with Gasteiger partial charge in [0.15, 0.2) is 0 Å². The van der Waals surface area contributed by atoms with Gasteiger partial charge in [-0.05, 0) is 101 Å². The van der Waals surface area contributed by atoms with Crippen molar-refractivity contribution in [1.82, 2.24) is 39.9 Å². The van der Waals surface area contributed by atoms with E-state index < -0.39 is 17.6 Å². The van der Waals surface area contributed by atoms with Crippen molar-refractivity contribution in [3.63, 3.8) is 0 Å². The lowest BCUT2D eigenvalue weighted by Crippen LogP contribution is -2.52. The van der Waals surface area contributed by atoms with E-state index in [0.29, 0.717) is 44.7 Å². The number of nitrogens with zero attached hydrogens (tertiary/aromatic N) is 8. The summed E-state index contributed by atoms with van der Waals surface area (Å²) >= 11 is 0. The third-order valence-corrected chi connectivity index (χ3v) is 13.2. The Labute approximate surface area is 356 Å².